The Labute approximate surface area is 86.9 Å². The fourth-order valence-electron chi connectivity index (χ4n) is 1.31. The molecule has 0 amide bonds. The Morgan fingerprint density at radius 2 is 1.50 bits per heavy atom. The molecule has 0 atom stereocenters. The first-order valence-corrected chi connectivity index (χ1v) is 3.82. The molecule has 0 aromatic heterocycles. The third-order valence-electron chi connectivity index (χ3n) is 1.90. The molecule has 0 N–H and O–H groups in total. The van der Waals surface area contributed by atoms with Crippen LogP contribution in [0.4, 0.5) is 0 Å². The summed E-state index contributed by atoms with van der Waals surface area (Å²) in [7, 11) is 0. The van der Waals surface area contributed by atoms with Crippen molar-refractivity contribution in [3.63, 3.8) is 0 Å². The number of rotatable bonds is 0. The molecule has 0 spiro atoms. The summed E-state index contributed by atoms with van der Waals surface area (Å²) in [6.45, 7) is 2.12. The molecule has 12 heavy (non-hydrogen) atoms. The Hall–Kier alpha value is -0.612. The van der Waals surface area contributed by atoms with Crippen LogP contribution in [0.15, 0.2) is 42.5 Å². The minimum absolute atomic E-state index is 0. The van der Waals surface area contributed by atoms with E-state index in [9.17, 15) is 0 Å². The average Bonchev–Trinajstić information content (AvgIpc) is 2.04. The molecule has 2 rings (SSSR count). The van der Waals surface area contributed by atoms with Crippen LogP contribution in [0.25, 0.3) is 10.8 Å². The Kier molecular flexibility index (Phi) is 3.05. The summed E-state index contributed by atoms with van der Waals surface area (Å²) in [5.41, 5.74) is 1.32. The van der Waals surface area contributed by atoms with Crippen molar-refractivity contribution in [3.8, 4) is 0 Å². The summed E-state index contributed by atoms with van der Waals surface area (Å²) >= 11 is 0. The van der Waals surface area contributed by atoms with Gasteiger partial charge in [0, 0.05) is 21.1 Å². The molecule has 2 aromatic rings. The summed E-state index contributed by atoms with van der Waals surface area (Å²) in [4.78, 5) is 0. The molecule has 0 nitrogen and oxygen atoms in total. The number of hydrogen-bond acceptors (Lipinski definition) is 0. The van der Waals surface area contributed by atoms with E-state index in [0.717, 1.165) is 0 Å². The van der Waals surface area contributed by atoms with E-state index in [1.54, 1.807) is 0 Å². The van der Waals surface area contributed by atoms with E-state index in [1.165, 1.54) is 16.3 Å². The molecule has 60 valence electrons. The SMILES string of the molecule is Cc1ccc2ccccc2c1.[W]. The zero-order valence-corrected chi connectivity index (χ0v) is 9.88. The zero-order valence-electron chi connectivity index (χ0n) is 6.95. The van der Waals surface area contributed by atoms with Crippen LogP contribution in [0.5, 0.6) is 0 Å². The molecule has 1 heteroatoms. The van der Waals surface area contributed by atoms with Crippen molar-refractivity contribution in [1.29, 1.82) is 0 Å². The fourth-order valence-corrected chi connectivity index (χ4v) is 1.31. The van der Waals surface area contributed by atoms with Crippen molar-refractivity contribution in [2.75, 3.05) is 0 Å². The van der Waals surface area contributed by atoms with Crippen molar-refractivity contribution < 1.29 is 21.1 Å². The van der Waals surface area contributed by atoms with E-state index in [-0.39, 0.29) is 21.1 Å². The monoisotopic (exact) mass is 326 g/mol. The molecule has 0 heterocycles. The Bertz CT molecular complexity index is 379. The fraction of sp³-hybridized carbons (Fsp3) is 0.0909. The summed E-state index contributed by atoms with van der Waals surface area (Å²) in [6, 6.07) is 14.9. The van der Waals surface area contributed by atoms with Gasteiger partial charge in [0.15, 0.2) is 0 Å². The minimum atomic E-state index is 0. The van der Waals surface area contributed by atoms with E-state index in [1.807, 2.05) is 0 Å². The topological polar surface area (TPSA) is 0 Å². The van der Waals surface area contributed by atoms with Crippen LogP contribution in [-0.2, 0) is 21.1 Å². The van der Waals surface area contributed by atoms with Crippen LogP contribution in [0.1, 0.15) is 5.56 Å². The molecular formula is C11H10W. The second-order valence-electron chi connectivity index (χ2n) is 2.85. The second kappa shape index (κ2) is 3.87. The van der Waals surface area contributed by atoms with Gasteiger partial charge >= 0.3 is 0 Å². The molecule has 0 aliphatic carbocycles. The Morgan fingerprint density at radius 3 is 2.25 bits per heavy atom. The minimum Gasteiger partial charge on any atom is -0.0616 e. The average molecular weight is 326 g/mol. The maximum absolute atomic E-state index is 2.20. The van der Waals surface area contributed by atoms with Crippen LogP contribution in [0.2, 0.25) is 0 Å². The number of aryl methyl sites for hydroxylation is 1. The standard InChI is InChI=1S/C11H10.W/c1-9-6-7-10-4-2-3-5-11(10)8-9;/h2-8H,1H3;. The Balaban J connectivity index is 0.000000720. The molecule has 0 aliphatic heterocycles. The maximum atomic E-state index is 2.20. The van der Waals surface area contributed by atoms with Crippen molar-refractivity contribution >= 4 is 10.8 Å². The maximum Gasteiger partial charge on any atom is 0 e. The molecule has 0 radical (unpaired) electrons. The molecule has 0 bridgehead atoms. The smallest absolute Gasteiger partial charge is 0 e. The zero-order chi connectivity index (χ0) is 7.68. The van der Waals surface area contributed by atoms with Gasteiger partial charge in [0.2, 0.25) is 0 Å². The predicted octanol–water partition coefficient (Wildman–Crippen LogP) is 3.15. The van der Waals surface area contributed by atoms with Crippen molar-refractivity contribution in [2.24, 2.45) is 0 Å². The number of hydrogen-bond donors (Lipinski definition) is 0. The van der Waals surface area contributed by atoms with Gasteiger partial charge in [-0.3, -0.25) is 0 Å². The van der Waals surface area contributed by atoms with Gasteiger partial charge in [-0.05, 0) is 17.7 Å². The normalized spacial score (nSPS) is 9.42. The van der Waals surface area contributed by atoms with Crippen LogP contribution >= 0.6 is 0 Å². The first-order chi connectivity index (χ1) is 5.36. The van der Waals surface area contributed by atoms with Crippen LogP contribution in [0, 0.1) is 6.92 Å². The largest absolute Gasteiger partial charge is 0.0616 e. The summed E-state index contributed by atoms with van der Waals surface area (Å²) in [5, 5.41) is 2.64. The second-order valence-corrected chi connectivity index (χ2v) is 2.85. The van der Waals surface area contributed by atoms with Gasteiger partial charge in [-0.1, -0.05) is 48.0 Å². The van der Waals surface area contributed by atoms with E-state index >= 15 is 0 Å². The number of benzene rings is 2. The van der Waals surface area contributed by atoms with Crippen molar-refractivity contribution in [2.45, 2.75) is 6.92 Å². The predicted molar refractivity (Wildman–Crippen MR) is 48.7 cm³/mol. The van der Waals surface area contributed by atoms with Gasteiger partial charge in [0.1, 0.15) is 0 Å². The molecule has 0 fully saturated rings. The van der Waals surface area contributed by atoms with E-state index in [4.69, 9.17) is 0 Å². The third kappa shape index (κ3) is 1.76. The van der Waals surface area contributed by atoms with Crippen LogP contribution < -0.4 is 0 Å². The Morgan fingerprint density at radius 1 is 0.833 bits per heavy atom. The molecule has 0 saturated heterocycles. The molecule has 2 aromatic carbocycles. The van der Waals surface area contributed by atoms with Crippen LogP contribution in [-0.4, -0.2) is 0 Å². The first-order valence-electron chi connectivity index (χ1n) is 3.82. The summed E-state index contributed by atoms with van der Waals surface area (Å²) in [5.74, 6) is 0. The van der Waals surface area contributed by atoms with Gasteiger partial charge in [-0.25, -0.2) is 0 Å². The van der Waals surface area contributed by atoms with Gasteiger partial charge in [0.25, 0.3) is 0 Å². The first kappa shape index (κ1) is 9.48. The van der Waals surface area contributed by atoms with Crippen LogP contribution in [0.3, 0.4) is 0 Å². The van der Waals surface area contributed by atoms with Crippen molar-refractivity contribution in [3.05, 3.63) is 48.0 Å². The molecular weight excluding hydrogens is 316 g/mol. The van der Waals surface area contributed by atoms with Crippen molar-refractivity contribution in [1.82, 2.24) is 0 Å². The van der Waals surface area contributed by atoms with E-state index < -0.39 is 0 Å². The number of fused-ring (bicyclic) bond motifs is 1. The molecule has 0 unspecified atom stereocenters. The molecule has 0 saturated carbocycles. The van der Waals surface area contributed by atoms with Gasteiger partial charge < -0.3 is 0 Å². The van der Waals surface area contributed by atoms with E-state index in [0.29, 0.717) is 0 Å². The van der Waals surface area contributed by atoms with Gasteiger partial charge in [0.05, 0.1) is 0 Å². The summed E-state index contributed by atoms with van der Waals surface area (Å²) in [6.07, 6.45) is 0. The molecule has 0 aliphatic rings. The van der Waals surface area contributed by atoms with E-state index in [2.05, 4.69) is 49.4 Å². The summed E-state index contributed by atoms with van der Waals surface area (Å²) < 4.78 is 0. The van der Waals surface area contributed by atoms with Gasteiger partial charge in [-0.2, -0.15) is 0 Å². The quantitative estimate of drug-likeness (QED) is 0.698. The third-order valence-corrected chi connectivity index (χ3v) is 1.90. The van der Waals surface area contributed by atoms with Gasteiger partial charge in [-0.15, -0.1) is 0 Å².